The summed E-state index contributed by atoms with van der Waals surface area (Å²) in [6.07, 6.45) is 6.74. The lowest BCUT2D eigenvalue weighted by molar-refractivity contribution is -0.116. The van der Waals surface area contributed by atoms with E-state index in [4.69, 9.17) is 14.2 Å². The summed E-state index contributed by atoms with van der Waals surface area (Å²) in [6.45, 7) is 13.4. The van der Waals surface area contributed by atoms with Crippen molar-refractivity contribution in [1.29, 1.82) is 0 Å². The Kier molecular flexibility index (Phi) is 7.24. The zero-order valence-corrected chi connectivity index (χ0v) is 14.2. The van der Waals surface area contributed by atoms with Gasteiger partial charge in [0.05, 0.1) is 37.7 Å². The molecule has 0 radical (unpaired) electrons. The molecule has 24 heavy (non-hydrogen) atoms. The van der Waals surface area contributed by atoms with E-state index in [0.29, 0.717) is 37.8 Å². The largest absolute Gasteiger partial charge is 0.492 e. The van der Waals surface area contributed by atoms with Gasteiger partial charge in [-0.3, -0.25) is 9.69 Å². The fraction of sp³-hybridized carbons (Fsp3) is 0.500. The van der Waals surface area contributed by atoms with Gasteiger partial charge < -0.3 is 19.5 Å². The summed E-state index contributed by atoms with van der Waals surface area (Å²) < 4.78 is 16.8. The molecular weight excluding hydrogens is 308 g/mol. The van der Waals surface area contributed by atoms with Crippen LogP contribution in [0.5, 0.6) is 0 Å². The lowest BCUT2D eigenvalue weighted by Gasteiger charge is -2.24. The molecule has 132 valence electrons. The number of nitrogens with zero attached hydrogens (tertiary/aromatic N) is 1. The van der Waals surface area contributed by atoms with Gasteiger partial charge in [0.1, 0.15) is 5.76 Å². The number of carbonyl (C=O) groups is 1. The van der Waals surface area contributed by atoms with E-state index in [0.717, 1.165) is 13.1 Å². The molecule has 0 spiro atoms. The van der Waals surface area contributed by atoms with Crippen molar-refractivity contribution < 1.29 is 19.0 Å². The highest BCUT2D eigenvalue weighted by atomic mass is 16.6. The van der Waals surface area contributed by atoms with E-state index in [2.05, 4.69) is 23.4 Å². The van der Waals surface area contributed by atoms with Crippen molar-refractivity contribution in [2.45, 2.75) is 19.1 Å². The third kappa shape index (κ3) is 5.06. The van der Waals surface area contributed by atoms with Gasteiger partial charge in [-0.15, -0.1) is 0 Å². The Hall–Kier alpha value is -1.89. The molecule has 0 aliphatic carbocycles. The summed E-state index contributed by atoms with van der Waals surface area (Å²) in [6, 6.07) is 0. The second kappa shape index (κ2) is 9.42. The van der Waals surface area contributed by atoms with Crippen LogP contribution in [0.3, 0.4) is 0 Å². The van der Waals surface area contributed by atoms with Gasteiger partial charge in [0.25, 0.3) is 0 Å². The van der Waals surface area contributed by atoms with Gasteiger partial charge in [0.2, 0.25) is 5.91 Å². The number of ether oxygens (including phenoxy) is 3. The van der Waals surface area contributed by atoms with Crippen LogP contribution in [0.15, 0.2) is 48.9 Å². The van der Waals surface area contributed by atoms with Crippen LogP contribution < -0.4 is 5.32 Å². The number of likely N-dealkylation sites (tertiary alicyclic amines) is 1. The highest BCUT2D eigenvalue weighted by Gasteiger charge is 2.35. The van der Waals surface area contributed by atoms with Crippen LogP contribution in [-0.4, -0.2) is 62.5 Å². The minimum atomic E-state index is -0.229. The van der Waals surface area contributed by atoms with Gasteiger partial charge in [0.15, 0.2) is 0 Å². The summed E-state index contributed by atoms with van der Waals surface area (Å²) >= 11 is 0. The molecule has 0 aromatic rings. The number of fused-ring (bicyclic) bond motifs is 1. The van der Waals surface area contributed by atoms with Crippen LogP contribution >= 0.6 is 0 Å². The molecule has 2 aliphatic heterocycles. The molecule has 1 amide bonds. The van der Waals surface area contributed by atoms with Crippen molar-refractivity contribution in [2.24, 2.45) is 0 Å². The Morgan fingerprint density at radius 1 is 1.25 bits per heavy atom. The number of carbonyl (C=O) groups excluding carboxylic acids is 1. The molecular formula is C18H26N2O4. The number of hydrogen-bond donors (Lipinski definition) is 1. The van der Waals surface area contributed by atoms with Gasteiger partial charge >= 0.3 is 0 Å². The Morgan fingerprint density at radius 2 is 1.92 bits per heavy atom. The van der Waals surface area contributed by atoms with Gasteiger partial charge in [-0.1, -0.05) is 19.2 Å². The van der Waals surface area contributed by atoms with Crippen molar-refractivity contribution in [1.82, 2.24) is 10.2 Å². The van der Waals surface area contributed by atoms with Crippen molar-refractivity contribution in [3.8, 4) is 0 Å². The Labute approximate surface area is 143 Å². The van der Waals surface area contributed by atoms with Gasteiger partial charge in [0, 0.05) is 25.7 Å². The van der Waals surface area contributed by atoms with Crippen LogP contribution in [0.1, 0.15) is 6.92 Å². The SMILES string of the molecule is C=CC(NC(=O)C=CCN1CC2OCCOC2C1)=C(C=C)OCC. The van der Waals surface area contributed by atoms with E-state index < -0.39 is 0 Å². The normalized spacial score (nSPS) is 25.0. The van der Waals surface area contributed by atoms with E-state index in [1.54, 1.807) is 6.08 Å². The molecule has 0 aromatic heterocycles. The smallest absolute Gasteiger partial charge is 0.248 e. The third-order valence-electron chi connectivity index (χ3n) is 3.88. The third-order valence-corrected chi connectivity index (χ3v) is 3.88. The first-order chi connectivity index (χ1) is 11.7. The summed E-state index contributed by atoms with van der Waals surface area (Å²) in [5, 5.41) is 2.75. The Bertz CT molecular complexity index is 513. The summed E-state index contributed by atoms with van der Waals surface area (Å²) in [5.41, 5.74) is 0.510. The molecule has 6 nitrogen and oxygen atoms in total. The molecule has 2 aliphatic rings. The first-order valence-corrected chi connectivity index (χ1v) is 8.23. The number of rotatable bonds is 8. The van der Waals surface area contributed by atoms with E-state index in [9.17, 15) is 4.79 Å². The predicted octanol–water partition coefficient (Wildman–Crippen LogP) is 1.38. The predicted molar refractivity (Wildman–Crippen MR) is 92.2 cm³/mol. The lowest BCUT2D eigenvalue weighted by atomic mass is 10.2. The number of allylic oxidation sites excluding steroid dienone is 2. The maximum Gasteiger partial charge on any atom is 0.248 e. The minimum Gasteiger partial charge on any atom is -0.492 e. The van der Waals surface area contributed by atoms with Crippen LogP contribution in [0.25, 0.3) is 0 Å². The lowest BCUT2D eigenvalue weighted by Crippen LogP contribution is -2.36. The first-order valence-electron chi connectivity index (χ1n) is 8.23. The van der Waals surface area contributed by atoms with Gasteiger partial charge in [-0.05, 0) is 19.1 Å². The van der Waals surface area contributed by atoms with Crippen LogP contribution in [0.4, 0.5) is 0 Å². The standard InChI is InChI=1S/C18H26N2O4/c1-4-14(15(5-2)22-6-3)19-18(21)8-7-9-20-12-16-17(13-20)24-11-10-23-16/h4-5,7-8,16-17H,1-2,6,9-13H2,3H3,(H,19,21). The van der Waals surface area contributed by atoms with Crippen molar-refractivity contribution in [3.05, 3.63) is 48.9 Å². The molecule has 6 heteroatoms. The second-order valence-electron chi connectivity index (χ2n) is 5.55. The summed E-state index contributed by atoms with van der Waals surface area (Å²) in [5.74, 6) is 0.278. The molecule has 0 bridgehead atoms. The topological polar surface area (TPSA) is 60.0 Å². The monoisotopic (exact) mass is 334 g/mol. The minimum absolute atomic E-state index is 0.151. The van der Waals surface area contributed by atoms with Crippen LogP contribution in [0.2, 0.25) is 0 Å². The zero-order chi connectivity index (χ0) is 17.4. The molecule has 2 saturated heterocycles. The fourth-order valence-electron chi connectivity index (χ4n) is 2.79. The van der Waals surface area contributed by atoms with Crippen molar-refractivity contribution in [3.63, 3.8) is 0 Å². The van der Waals surface area contributed by atoms with Crippen molar-refractivity contribution >= 4 is 5.91 Å². The highest BCUT2D eigenvalue weighted by Crippen LogP contribution is 2.19. The molecule has 2 atom stereocenters. The Balaban J connectivity index is 1.82. The molecule has 2 unspecified atom stereocenters. The van der Waals surface area contributed by atoms with Crippen LogP contribution in [0, 0.1) is 0 Å². The average molecular weight is 334 g/mol. The number of nitrogens with one attached hydrogen (secondary N) is 1. The fourth-order valence-corrected chi connectivity index (χ4v) is 2.79. The van der Waals surface area contributed by atoms with E-state index >= 15 is 0 Å². The molecule has 2 heterocycles. The summed E-state index contributed by atoms with van der Waals surface area (Å²) in [7, 11) is 0. The summed E-state index contributed by atoms with van der Waals surface area (Å²) in [4.78, 5) is 14.2. The Morgan fingerprint density at radius 3 is 2.46 bits per heavy atom. The van der Waals surface area contributed by atoms with Gasteiger partial charge in [-0.25, -0.2) is 0 Å². The average Bonchev–Trinajstić information content (AvgIpc) is 3.00. The van der Waals surface area contributed by atoms with E-state index in [1.807, 2.05) is 13.0 Å². The maximum absolute atomic E-state index is 12.0. The number of amides is 1. The van der Waals surface area contributed by atoms with Crippen LogP contribution in [-0.2, 0) is 19.0 Å². The van der Waals surface area contributed by atoms with Gasteiger partial charge in [-0.2, -0.15) is 0 Å². The second-order valence-corrected chi connectivity index (χ2v) is 5.55. The first kappa shape index (κ1) is 18.4. The molecule has 2 fully saturated rings. The molecule has 1 N–H and O–H groups in total. The number of hydrogen-bond acceptors (Lipinski definition) is 5. The molecule has 0 saturated carbocycles. The zero-order valence-electron chi connectivity index (χ0n) is 14.2. The molecule has 0 aromatic carbocycles. The maximum atomic E-state index is 12.0. The quantitative estimate of drug-likeness (QED) is 0.413. The van der Waals surface area contributed by atoms with Crippen molar-refractivity contribution in [2.75, 3.05) is 39.5 Å². The highest BCUT2D eigenvalue weighted by molar-refractivity contribution is 5.89. The van der Waals surface area contributed by atoms with E-state index in [-0.39, 0.29) is 18.1 Å². The molecule has 2 rings (SSSR count). The van der Waals surface area contributed by atoms with E-state index in [1.165, 1.54) is 12.2 Å².